The van der Waals surface area contributed by atoms with Crippen LogP contribution in [0, 0.1) is 0 Å². The molecule has 1 atom stereocenters. The number of carbonyl (C=O) groups is 1. The number of sulfonamides is 1. The molecule has 1 aromatic heterocycles. The molecule has 0 saturated carbocycles. The van der Waals surface area contributed by atoms with E-state index >= 15 is 0 Å². The molecule has 0 aliphatic carbocycles. The number of nitrogens with one attached hydrogen (secondary N) is 2. The molecule has 216 valence electrons. The molecular weight excluding hydrogens is 542 g/mol. The van der Waals surface area contributed by atoms with E-state index in [4.69, 9.17) is 20.9 Å². The lowest BCUT2D eigenvalue weighted by Gasteiger charge is -2.22. The fourth-order valence-electron chi connectivity index (χ4n) is 4.33. The number of nitrogens with zero attached hydrogens (tertiary/aromatic N) is 1. The number of pyridine rings is 1. The lowest BCUT2D eigenvalue weighted by atomic mass is 10.0. The Morgan fingerprint density at radius 1 is 1.00 bits per heavy atom. The summed E-state index contributed by atoms with van der Waals surface area (Å²) in [5, 5.41) is 4.75. The average Bonchev–Trinajstić information content (AvgIpc) is 2.93. The predicted octanol–water partition coefficient (Wildman–Crippen LogP) is 4.16. The monoisotopic (exact) mass is 577 g/mol. The zero-order valence-corrected chi connectivity index (χ0v) is 24.1. The Labute approximate surface area is 240 Å². The molecule has 4 rings (SSSR count). The van der Waals surface area contributed by atoms with Crippen LogP contribution in [0.1, 0.15) is 37.9 Å². The summed E-state index contributed by atoms with van der Waals surface area (Å²) in [7, 11) is -4.17. The molecule has 11 heteroatoms. The summed E-state index contributed by atoms with van der Waals surface area (Å²) in [6.07, 6.45) is 2.11. The fourth-order valence-corrected chi connectivity index (χ4v) is 5.33. The van der Waals surface area contributed by atoms with Crippen LogP contribution < -0.4 is 31.0 Å². The van der Waals surface area contributed by atoms with Gasteiger partial charge in [-0.15, -0.1) is 0 Å². The summed E-state index contributed by atoms with van der Waals surface area (Å²) in [6, 6.07) is 17.4. The Balaban J connectivity index is 1.71. The van der Waals surface area contributed by atoms with Crippen LogP contribution in [0.5, 0.6) is 11.5 Å². The third kappa shape index (κ3) is 7.24. The highest BCUT2D eigenvalue weighted by Crippen LogP contribution is 2.33. The van der Waals surface area contributed by atoms with Crippen LogP contribution in [-0.2, 0) is 21.2 Å². The minimum absolute atomic E-state index is 0.0326. The van der Waals surface area contributed by atoms with Crippen molar-refractivity contribution in [3.63, 3.8) is 0 Å². The van der Waals surface area contributed by atoms with Crippen LogP contribution in [0.4, 0.5) is 11.5 Å². The van der Waals surface area contributed by atoms with E-state index in [1.807, 2.05) is 26.8 Å². The van der Waals surface area contributed by atoms with Crippen molar-refractivity contribution in [3.05, 3.63) is 84.1 Å². The highest BCUT2D eigenvalue weighted by Gasteiger charge is 2.27. The van der Waals surface area contributed by atoms with E-state index in [2.05, 4.69) is 15.0 Å². The van der Waals surface area contributed by atoms with Crippen molar-refractivity contribution in [1.82, 2.24) is 9.71 Å². The highest BCUT2D eigenvalue weighted by atomic mass is 32.2. The van der Waals surface area contributed by atoms with Gasteiger partial charge in [0.15, 0.2) is 11.5 Å². The second-order valence-corrected chi connectivity index (χ2v) is 11.4. The Hall–Kier alpha value is -4.35. The summed E-state index contributed by atoms with van der Waals surface area (Å²) in [5.74, 6) is 0.567. The van der Waals surface area contributed by atoms with Crippen LogP contribution >= 0.6 is 0 Å². The maximum absolute atomic E-state index is 13.7. The third-order valence-corrected chi connectivity index (χ3v) is 7.60. The minimum Gasteiger partial charge on any atom is -0.490 e. The lowest BCUT2D eigenvalue weighted by molar-refractivity contribution is -0.120. The van der Waals surface area contributed by atoms with E-state index in [-0.39, 0.29) is 11.0 Å². The molecule has 4 aromatic rings. The van der Waals surface area contributed by atoms with Crippen molar-refractivity contribution >= 4 is 38.2 Å². The largest absolute Gasteiger partial charge is 0.490 e. The number of carbonyl (C=O) groups excluding carboxylic acids is 1. The van der Waals surface area contributed by atoms with Crippen molar-refractivity contribution in [3.8, 4) is 11.5 Å². The maximum atomic E-state index is 13.7. The number of nitrogen functional groups attached to an aromatic ring is 1. The molecular formula is C30H35N5O5S. The van der Waals surface area contributed by atoms with E-state index in [1.165, 1.54) is 12.1 Å². The van der Waals surface area contributed by atoms with Crippen molar-refractivity contribution in [1.29, 1.82) is 0 Å². The molecule has 10 nitrogen and oxygen atoms in total. The van der Waals surface area contributed by atoms with E-state index in [0.717, 1.165) is 16.3 Å². The van der Waals surface area contributed by atoms with Gasteiger partial charge in [0.2, 0.25) is 0 Å². The molecule has 0 fully saturated rings. The molecule has 1 heterocycles. The van der Waals surface area contributed by atoms with Crippen LogP contribution in [0.3, 0.4) is 0 Å². The number of benzene rings is 3. The number of fused-ring (bicyclic) bond motifs is 1. The molecule has 0 spiro atoms. The Morgan fingerprint density at radius 3 is 2.44 bits per heavy atom. The van der Waals surface area contributed by atoms with Gasteiger partial charge in [0, 0.05) is 17.3 Å². The Morgan fingerprint density at radius 2 is 1.76 bits per heavy atom. The molecule has 0 radical (unpaired) electrons. The summed E-state index contributed by atoms with van der Waals surface area (Å²) in [4.78, 5) is 17.8. The number of nitrogens with two attached hydrogens (primary N) is 2. The van der Waals surface area contributed by atoms with Crippen molar-refractivity contribution in [2.45, 2.75) is 44.2 Å². The number of hydrogen-bond acceptors (Lipinski definition) is 9. The van der Waals surface area contributed by atoms with Crippen LogP contribution in [0.2, 0.25) is 0 Å². The van der Waals surface area contributed by atoms with Gasteiger partial charge in [0.1, 0.15) is 11.9 Å². The van der Waals surface area contributed by atoms with Gasteiger partial charge in [-0.1, -0.05) is 18.2 Å². The number of rotatable bonds is 12. The van der Waals surface area contributed by atoms with Crippen molar-refractivity contribution in [2.24, 2.45) is 5.73 Å². The van der Waals surface area contributed by atoms with E-state index in [9.17, 15) is 13.2 Å². The SMILES string of the molecule is CCOc1cc(C(Nc2ccc3c(N)nccc3c2)C(=O)NS(=O)(=O)c2ccc(CCN)cc2)ccc1OC(C)C. The number of ether oxygens (including phenoxy) is 2. The van der Waals surface area contributed by atoms with Crippen molar-refractivity contribution in [2.75, 3.05) is 24.2 Å². The summed E-state index contributed by atoms with van der Waals surface area (Å²) < 4.78 is 40.3. The first-order valence-corrected chi connectivity index (χ1v) is 14.8. The van der Waals surface area contributed by atoms with Crippen LogP contribution in [-0.4, -0.2) is 38.6 Å². The summed E-state index contributed by atoms with van der Waals surface area (Å²) >= 11 is 0. The maximum Gasteiger partial charge on any atom is 0.264 e. The second-order valence-electron chi connectivity index (χ2n) is 9.67. The van der Waals surface area contributed by atoms with Gasteiger partial charge in [0.25, 0.3) is 15.9 Å². The molecule has 0 aliphatic rings. The molecule has 3 aromatic carbocycles. The molecule has 6 N–H and O–H groups in total. The molecule has 0 aliphatic heterocycles. The number of hydrogen-bond donors (Lipinski definition) is 4. The van der Waals surface area contributed by atoms with Crippen LogP contribution in [0.25, 0.3) is 10.8 Å². The molecule has 1 amide bonds. The number of amides is 1. The summed E-state index contributed by atoms with van der Waals surface area (Å²) in [6.45, 7) is 6.46. The van der Waals surface area contributed by atoms with Gasteiger partial charge < -0.3 is 26.3 Å². The first-order valence-electron chi connectivity index (χ1n) is 13.3. The molecule has 1 unspecified atom stereocenters. The number of anilines is 2. The van der Waals surface area contributed by atoms with Gasteiger partial charge in [-0.05, 0) is 98.8 Å². The quantitative estimate of drug-likeness (QED) is 0.194. The molecule has 0 saturated heterocycles. The topological polar surface area (TPSA) is 159 Å². The first-order chi connectivity index (χ1) is 19.6. The zero-order valence-electron chi connectivity index (χ0n) is 23.3. The lowest BCUT2D eigenvalue weighted by Crippen LogP contribution is -2.37. The standard InChI is InChI=1S/C30H35N5O5S/c1-4-39-27-18-22(7-12-26(27)40-19(2)3)28(34-23-8-11-25-21(17-23)14-16-33-29(25)32)30(36)35-41(37,38)24-9-5-20(6-10-24)13-15-31/h5-12,14,16-19,28,34H,4,13,15,31H2,1-3H3,(H2,32,33)(H,35,36). The van der Waals surface area contributed by atoms with Gasteiger partial charge in [-0.2, -0.15) is 0 Å². The smallest absolute Gasteiger partial charge is 0.264 e. The third-order valence-electron chi connectivity index (χ3n) is 6.23. The van der Waals surface area contributed by atoms with E-state index < -0.39 is 22.0 Å². The predicted molar refractivity (Wildman–Crippen MR) is 160 cm³/mol. The fraction of sp³-hybridized carbons (Fsp3) is 0.267. The molecule has 0 bridgehead atoms. The normalized spacial score (nSPS) is 12.2. The minimum atomic E-state index is -4.17. The first kappa shape index (κ1) is 29.6. The van der Waals surface area contributed by atoms with Gasteiger partial charge in [0.05, 0.1) is 17.6 Å². The zero-order chi connectivity index (χ0) is 29.6. The van der Waals surface area contributed by atoms with E-state index in [1.54, 1.807) is 54.7 Å². The highest BCUT2D eigenvalue weighted by molar-refractivity contribution is 7.90. The number of aromatic nitrogens is 1. The Bertz CT molecular complexity index is 1620. The summed E-state index contributed by atoms with van der Waals surface area (Å²) in [5.41, 5.74) is 13.5. The Kier molecular flexibility index (Phi) is 9.31. The van der Waals surface area contributed by atoms with Gasteiger partial charge in [-0.25, -0.2) is 18.1 Å². The van der Waals surface area contributed by atoms with E-state index in [0.29, 0.717) is 48.1 Å². The average molecular weight is 578 g/mol. The van der Waals surface area contributed by atoms with Crippen LogP contribution in [0.15, 0.2) is 77.8 Å². The van der Waals surface area contributed by atoms with Crippen molar-refractivity contribution < 1.29 is 22.7 Å². The second kappa shape index (κ2) is 12.9. The van der Waals surface area contributed by atoms with Gasteiger partial charge in [-0.3, -0.25) is 4.79 Å². The van der Waals surface area contributed by atoms with Gasteiger partial charge >= 0.3 is 0 Å². The molecule has 41 heavy (non-hydrogen) atoms.